The van der Waals surface area contributed by atoms with Crippen LogP contribution in [0.4, 0.5) is 0 Å². The van der Waals surface area contributed by atoms with Crippen LogP contribution in [0.25, 0.3) is 0 Å². The number of carbonyl (C=O) groups is 1. The number of benzene rings is 1. The molecule has 4 heteroatoms. The Kier molecular flexibility index (Phi) is 5.63. The molecule has 0 saturated heterocycles. The van der Waals surface area contributed by atoms with Gasteiger partial charge in [0.2, 0.25) is 0 Å². The highest BCUT2D eigenvalue weighted by atomic mass is 35.5. The van der Waals surface area contributed by atoms with Crippen molar-refractivity contribution in [3.8, 4) is 0 Å². The van der Waals surface area contributed by atoms with Crippen molar-refractivity contribution in [1.29, 1.82) is 0 Å². The maximum atomic E-state index is 12.1. The number of amides is 1. The van der Waals surface area contributed by atoms with Crippen LogP contribution in [0.15, 0.2) is 18.2 Å². The molecule has 18 heavy (non-hydrogen) atoms. The Labute approximate surface area is 113 Å². The van der Waals surface area contributed by atoms with Gasteiger partial charge >= 0.3 is 0 Å². The fourth-order valence-corrected chi connectivity index (χ4v) is 2.05. The SMILES string of the molecule is Cc1cccc(C(=O)NC(CO)CC(C)C)c1Cl. The molecule has 1 rings (SSSR count). The molecule has 0 aromatic heterocycles. The summed E-state index contributed by atoms with van der Waals surface area (Å²) in [6.07, 6.45) is 0.742. The maximum absolute atomic E-state index is 12.1. The molecular formula is C14H20ClNO2. The van der Waals surface area contributed by atoms with Gasteiger partial charge < -0.3 is 10.4 Å². The Hall–Kier alpha value is -1.06. The van der Waals surface area contributed by atoms with E-state index in [1.54, 1.807) is 12.1 Å². The molecule has 0 saturated carbocycles. The van der Waals surface area contributed by atoms with Gasteiger partial charge in [0.05, 0.1) is 23.2 Å². The lowest BCUT2D eigenvalue weighted by atomic mass is 10.0. The Morgan fingerprint density at radius 2 is 2.11 bits per heavy atom. The zero-order valence-corrected chi connectivity index (χ0v) is 11.8. The molecule has 1 amide bonds. The summed E-state index contributed by atoms with van der Waals surface area (Å²) < 4.78 is 0. The zero-order chi connectivity index (χ0) is 13.7. The molecule has 1 unspecified atom stereocenters. The lowest BCUT2D eigenvalue weighted by Crippen LogP contribution is -2.38. The molecule has 0 radical (unpaired) electrons. The Morgan fingerprint density at radius 1 is 1.44 bits per heavy atom. The van der Waals surface area contributed by atoms with Crippen molar-refractivity contribution in [3.63, 3.8) is 0 Å². The third-order valence-corrected chi connectivity index (χ3v) is 3.25. The fraction of sp³-hybridized carbons (Fsp3) is 0.500. The maximum Gasteiger partial charge on any atom is 0.253 e. The first-order valence-electron chi connectivity index (χ1n) is 6.12. The van der Waals surface area contributed by atoms with Crippen molar-refractivity contribution in [1.82, 2.24) is 5.32 Å². The van der Waals surface area contributed by atoms with Crippen molar-refractivity contribution < 1.29 is 9.90 Å². The first-order valence-corrected chi connectivity index (χ1v) is 6.50. The normalized spacial score (nSPS) is 12.6. The smallest absolute Gasteiger partial charge is 0.253 e. The van der Waals surface area contributed by atoms with E-state index in [0.29, 0.717) is 16.5 Å². The molecule has 0 bridgehead atoms. The van der Waals surface area contributed by atoms with E-state index in [2.05, 4.69) is 19.2 Å². The third kappa shape index (κ3) is 4.00. The van der Waals surface area contributed by atoms with E-state index in [1.807, 2.05) is 13.0 Å². The number of aryl methyl sites for hydroxylation is 1. The number of aliphatic hydroxyl groups is 1. The number of nitrogens with one attached hydrogen (secondary N) is 1. The first kappa shape index (κ1) is 15.0. The Morgan fingerprint density at radius 3 is 2.67 bits per heavy atom. The molecule has 1 atom stereocenters. The standard InChI is InChI=1S/C14H20ClNO2/c1-9(2)7-11(8-17)16-14(18)12-6-4-5-10(3)13(12)15/h4-6,9,11,17H,7-8H2,1-3H3,(H,16,18). The average Bonchev–Trinajstić information content (AvgIpc) is 2.31. The predicted molar refractivity (Wildman–Crippen MR) is 74.0 cm³/mol. The minimum Gasteiger partial charge on any atom is -0.394 e. The number of hydrogen-bond acceptors (Lipinski definition) is 2. The van der Waals surface area contributed by atoms with Crippen LogP contribution in [0.5, 0.6) is 0 Å². The van der Waals surface area contributed by atoms with Crippen LogP contribution in [-0.4, -0.2) is 23.7 Å². The monoisotopic (exact) mass is 269 g/mol. The summed E-state index contributed by atoms with van der Waals surface area (Å²) in [6, 6.07) is 5.12. The van der Waals surface area contributed by atoms with Gasteiger partial charge in [-0.15, -0.1) is 0 Å². The highest BCUT2D eigenvalue weighted by Gasteiger charge is 2.16. The molecule has 0 spiro atoms. The van der Waals surface area contributed by atoms with Crippen molar-refractivity contribution in [2.45, 2.75) is 33.2 Å². The average molecular weight is 270 g/mol. The Balaban J connectivity index is 2.78. The molecule has 3 nitrogen and oxygen atoms in total. The van der Waals surface area contributed by atoms with Crippen molar-refractivity contribution in [2.24, 2.45) is 5.92 Å². The van der Waals surface area contributed by atoms with E-state index in [4.69, 9.17) is 11.6 Å². The van der Waals surface area contributed by atoms with Gasteiger partial charge in [0.15, 0.2) is 0 Å². The summed E-state index contributed by atoms with van der Waals surface area (Å²) >= 11 is 6.10. The molecule has 2 N–H and O–H groups in total. The van der Waals surface area contributed by atoms with Gasteiger partial charge in [-0.25, -0.2) is 0 Å². The molecule has 0 heterocycles. The molecule has 0 aliphatic heterocycles. The highest BCUT2D eigenvalue weighted by molar-refractivity contribution is 6.34. The van der Waals surface area contributed by atoms with Crippen LogP contribution in [0.2, 0.25) is 5.02 Å². The number of hydrogen-bond donors (Lipinski definition) is 2. The molecule has 1 aromatic carbocycles. The van der Waals surface area contributed by atoms with Crippen LogP contribution in [0.3, 0.4) is 0 Å². The highest BCUT2D eigenvalue weighted by Crippen LogP contribution is 2.20. The van der Waals surface area contributed by atoms with Gasteiger partial charge in [-0.1, -0.05) is 37.6 Å². The van der Waals surface area contributed by atoms with Crippen LogP contribution in [0, 0.1) is 12.8 Å². The van der Waals surface area contributed by atoms with Gasteiger partial charge in [0.25, 0.3) is 5.91 Å². The summed E-state index contributed by atoms with van der Waals surface area (Å²) in [5.41, 5.74) is 1.33. The second kappa shape index (κ2) is 6.76. The number of carbonyl (C=O) groups excluding carboxylic acids is 1. The van der Waals surface area contributed by atoms with Gasteiger partial charge in [-0.2, -0.15) is 0 Å². The van der Waals surface area contributed by atoms with Gasteiger partial charge in [0, 0.05) is 0 Å². The summed E-state index contributed by atoms with van der Waals surface area (Å²) in [5.74, 6) is 0.179. The quantitative estimate of drug-likeness (QED) is 0.864. The number of aliphatic hydroxyl groups excluding tert-OH is 1. The van der Waals surface area contributed by atoms with Crippen LogP contribution in [0.1, 0.15) is 36.2 Å². The summed E-state index contributed by atoms with van der Waals surface area (Å²) in [5, 5.41) is 12.5. The number of halogens is 1. The molecule has 0 aliphatic carbocycles. The molecule has 0 aliphatic rings. The summed E-state index contributed by atoms with van der Waals surface area (Å²) in [7, 11) is 0. The van der Waals surface area contributed by atoms with Crippen LogP contribution in [-0.2, 0) is 0 Å². The minimum atomic E-state index is -0.233. The van der Waals surface area contributed by atoms with Gasteiger partial charge in [-0.05, 0) is 30.9 Å². The molecule has 100 valence electrons. The largest absolute Gasteiger partial charge is 0.394 e. The second-order valence-corrected chi connectivity index (χ2v) is 5.30. The first-order chi connectivity index (χ1) is 8.45. The van der Waals surface area contributed by atoms with Gasteiger partial charge in [0.1, 0.15) is 0 Å². The van der Waals surface area contributed by atoms with E-state index in [1.165, 1.54) is 0 Å². The molecule has 1 aromatic rings. The van der Waals surface area contributed by atoms with E-state index < -0.39 is 0 Å². The summed E-state index contributed by atoms with van der Waals surface area (Å²) in [4.78, 5) is 12.1. The zero-order valence-electron chi connectivity index (χ0n) is 11.0. The van der Waals surface area contributed by atoms with E-state index in [-0.39, 0.29) is 18.6 Å². The fourth-order valence-electron chi connectivity index (χ4n) is 1.83. The van der Waals surface area contributed by atoms with Crippen molar-refractivity contribution in [3.05, 3.63) is 34.3 Å². The molecule has 0 fully saturated rings. The van der Waals surface area contributed by atoms with E-state index in [0.717, 1.165) is 12.0 Å². The van der Waals surface area contributed by atoms with E-state index in [9.17, 15) is 9.90 Å². The molecular weight excluding hydrogens is 250 g/mol. The third-order valence-electron chi connectivity index (χ3n) is 2.75. The lowest BCUT2D eigenvalue weighted by Gasteiger charge is -2.18. The predicted octanol–water partition coefficient (Wildman–Crippen LogP) is 2.79. The number of rotatable bonds is 5. The summed E-state index contributed by atoms with van der Waals surface area (Å²) in [6.45, 7) is 5.90. The lowest BCUT2D eigenvalue weighted by molar-refractivity contribution is 0.0908. The van der Waals surface area contributed by atoms with Crippen LogP contribution >= 0.6 is 11.6 Å². The minimum absolute atomic E-state index is 0.0621. The Bertz CT molecular complexity index is 418. The van der Waals surface area contributed by atoms with Crippen molar-refractivity contribution in [2.75, 3.05) is 6.61 Å². The van der Waals surface area contributed by atoms with Crippen LogP contribution < -0.4 is 5.32 Å². The topological polar surface area (TPSA) is 49.3 Å². The van der Waals surface area contributed by atoms with E-state index >= 15 is 0 Å². The van der Waals surface area contributed by atoms with Gasteiger partial charge in [-0.3, -0.25) is 4.79 Å². The second-order valence-electron chi connectivity index (χ2n) is 4.92. The van der Waals surface area contributed by atoms with Crippen molar-refractivity contribution >= 4 is 17.5 Å².